The topological polar surface area (TPSA) is 64.1 Å². The number of ether oxygens (including phenoxy) is 1. The van der Waals surface area contributed by atoms with Gasteiger partial charge in [0.05, 0.1) is 4.88 Å². The molecule has 4 rings (SSSR count). The molecular formula is C21H17N3O2S2. The van der Waals surface area contributed by atoms with E-state index in [1.807, 2.05) is 53.9 Å². The quantitative estimate of drug-likeness (QED) is 0.445. The summed E-state index contributed by atoms with van der Waals surface area (Å²) in [6.45, 7) is 4.14. The molecule has 1 amide bonds. The zero-order chi connectivity index (χ0) is 19.5. The summed E-state index contributed by atoms with van der Waals surface area (Å²) in [4.78, 5) is 12.7. The Labute approximate surface area is 170 Å². The number of hydrogen-bond acceptors (Lipinski definition) is 6. The first-order chi connectivity index (χ1) is 13.6. The van der Waals surface area contributed by atoms with Gasteiger partial charge in [0.15, 0.2) is 0 Å². The predicted molar refractivity (Wildman–Crippen MR) is 114 cm³/mol. The van der Waals surface area contributed by atoms with Crippen molar-refractivity contribution in [1.29, 1.82) is 0 Å². The Hall–Kier alpha value is -3.03. The molecule has 28 heavy (non-hydrogen) atoms. The summed E-state index contributed by atoms with van der Waals surface area (Å²) in [7, 11) is 0. The molecule has 0 aliphatic heterocycles. The van der Waals surface area contributed by atoms with Crippen molar-refractivity contribution in [2.45, 2.75) is 13.8 Å². The number of nitrogens with zero attached hydrogens (tertiary/aromatic N) is 2. The molecule has 0 spiro atoms. The number of rotatable bonds is 5. The first-order valence-corrected chi connectivity index (χ1v) is 10.3. The second-order valence-corrected chi connectivity index (χ2v) is 8.14. The highest BCUT2D eigenvalue weighted by molar-refractivity contribution is 7.18. The van der Waals surface area contributed by atoms with Gasteiger partial charge in [-0.3, -0.25) is 10.1 Å². The van der Waals surface area contributed by atoms with Crippen LogP contribution in [0.15, 0.2) is 60.0 Å². The fourth-order valence-electron chi connectivity index (χ4n) is 2.54. The summed E-state index contributed by atoms with van der Waals surface area (Å²) in [6, 6.07) is 17.3. The molecule has 0 bridgehead atoms. The van der Waals surface area contributed by atoms with Gasteiger partial charge in [-0.2, -0.15) is 0 Å². The van der Waals surface area contributed by atoms with Gasteiger partial charge in [-0.05, 0) is 72.8 Å². The third-order valence-electron chi connectivity index (χ3n) is 4.21. The van der Waals surface area contributed by atoms with E-state index in [0.29, 0.717) is 10.0 Å². The smallest absolute Gasteiger partial charge is 0.267 e. The Bertz CT molecular complexity index is 1100. The molecule has 7 heteroatoms. The summed E-state index contributed by atoms with van der Waals surface area (Å²) >= 11 is 2.72. The van der Waals surface area contributed by atoms with E-state index in [-0.39, 0.29) is 5.91 Å². The number of hydrogen-bond donors (Lipinski definition) is 1. The van der Waals surface area contributed by atoms with Crippen LogP contribution in [0.25, 0.3) is 10.6 Å². The van der Waals surface area contributed by atoms with E-state index in [2.05, 4.69) is 29.4 Å². The first kappa shape index (κ1) is 18.3. The molecule has 140 valence electrons. The van der Waals surface area contributed by atoms with Crippen molar-refractivity contribution in [2.24, 2.45) is 0 Å². The molecule has 0 atom stereocenters. The normalized spacial score (nSPS) is 10.6. The summed E-state index contributed by atoms with van der Waals surface area (Å²) < 4.78 is 5.92. The SMILES string of the molecule is Cc1ccc(Oc2ccc(-c3nnc(NC(=O)c4cccs4)s3)cc2)cc1C. The second kappa shape index (κ2) is 7.92. The van der Waals surface area contributed by atoms with Gasteiger partial charge < -0.3 is 4.74 Å². The van der Waals surface area contributed by atoms with Crippen LogP contribution in [-0.2, 0) is 0 Å². The maximum Gasteiger partial charge on any atom is 0.267 e. The molecule has 0 radical (unpaired) electrons. The Morgan fingerprint density at radius 2 is 1.75 bits per heavy atom. The van der Waals surface area contributed by atoms with E-state index in [4.69, 9.17) is 4.74 Å². The number of amides is 1. The number of benzene rings is 2. The highest BCUT2D eigenvalue weighted by Gasteiger charge is 2.12. The molecular weight excluding hydrogens is 390 g/mol. The van der Waals surface area contributed by atoms with Gasteiger partial charge in [0.25, 0.3) is 5.91 Å². The maximum atomic E-state index is 12.1. The Kier molecular flexibility index (Phi) is 5.18. The zero-order valence-corrected chi connectivity index (χ0v) is 16.9. The average molecular weight is 408 g/mol. The average Bonchev–Trinajstić information content (AvgIpc) is 3.38. The Morgan fingerprint density at radius 3 is 2.46 bits per heavy atom. The molecule has 0 unspecified atom stereocenters. The minimum atomic E-state index is -0.171. The molecule has 0 aliphatic carbocycles. The lowest BCUT2D eigenvalue weighted by atomic mass is 10.1. The molecule has 5 nitrogen and oxygen atoms in total. The Morgan fingerprint density at radius 1 is 0.964 bits per heavy atom. The number of nitrogens with one attached hydrogen (secondary N) is 1. The van der Waals surface area contributed by atoms with Crippen LogP contribution in [-0.4, -0.2) is 16.1 Å². The minimum absolute atomic E-state index is 0.171. The van der Waals surface area contributed by atoms with Gasteiger partial charge in [0, 0.05) is 5.56 Å². The van der Waals surface area contributed by atoms with Crippen molar-refractivity contribution in [2.75, 3.05) is 5.32 Å². The molecule has 0 saturated carbocycles. The summed E-state index contributed by atoms with van der Waals surface area (Å²) in [5.74, 6) is 1.39. The van der Waals surface area contributed by atoms with Crippen molar-refractivity contribution in [3.63, 3.8) is 0 Å². The molecule has 0 saturated heterocycles. The molecule has 0 aliphatic rings. The van der Waals surface area contributed by atoms with Crippen molar-refractivity contribution in [3.8, 4) is 22.1 Å². The lowest BCUT2D eigenvalue weighted by Crippen LogP contribution is -2.09. The lowest BCUT2D eigenvalue weighted by Gasteiger charge is -2.08. The van der Waals surface area contributed by atoms with Gasteiger partial charge >= 0.3 is 0 Å². The van der Waals surface area contributed by atoms with E-state index in [9.17, 15) is 4.79 Å². The zero-order valence-electron chi connectivity index (χ0n) is 15.3. The van der Waals surface area contributed by atoms with Crippen molar-refractivity contribution >= 4 is 33.7 Å². The van der Waals surface area contributed by atoms with Crippen molar-refractivity contribution in [1.82, 2.24) is 10.2 Å². The second-order valence-electron chi connectivity index (χ2n) is 6.22. The van der Waals surface area contributed by atoms with Crippen LogP contribution in [0.5, 0.6) is 11.5 Å². The maximum absolute atomic E-state index is 12.1. The van der Waals surface area contributed by atoms with Crippen LogP contribution < -0.4 is 10.1 Å². The summed E-state index contributed by atoms with van der Waals surface area (Å²) in [6.07, 6.45) is 0. The highest BCUT2D eigenvalue weighted by atomic mass is 32.1. The predicted octanol–water partition coefficient (Wildman–Crippen LogP) is 5.93. The van der Waals surface area contributed by atoms with Crippen LogP contribution >= 0.6 is 22.7 Å². The number of carbonyl (C=O) groups is 1. The van der Waals surface area contributed by atoms with Gasteiger partial charge in [-0.15, -0.1) is 21.5 Å². The molecule has 2 aromatic heterocycles. The fourth-order valence-corrected chi connectivity index (χ4v) is 3.90. The molecule has 2 aromatic carbocycles. The van der Waals surface area contributed by atoms with Gasteiger partial charge in [-0.25, -0.2) is 0 Å². The number of carbonyl (C=O) groups excluding carboxylic acids is 1. The van der Waals surface area contributed by atoms with Crippen LogP contribution in [0.4, 0.5) is 5.13 Å². The molecule has 4 aromatic rings. The Balaban J connectivity index is 1.44. The largest absolute Gasteiger partial charge is 0.457 e. The van der Waals surface area contributed by atoms with Gasteiger partial charge in [-0.1, -0.05) is 23.5 Å². The van der Waals surface area contributed by atoms with E-state index in [0.717, 1.165) is 22.1 Å². The standard InChI is InChI=1S/C21H17N3O2S2/c1-13-5-8-17(12-14(13)2)26-16-9-6-15(7-10-16)20-23-24-21(28-20)22-19(25)18-4-3-11-27-18/h3-12H,1-2H3,(H,22,24,25). The van der Waals surface area contributed by atoms with Crippen LogP contribution in [0.3, 0.4) is 0 Å². The number of aromatic nitrogens is 2. The molecule has 2 heterocycles. The van der Waals surface area contributed by atoms with Crippen LogP contribution in [0.2, 0.25) is 0 Å². The van der Waals surface area contributed by atoms with E-state index >= 15 is 0 Å². The van der Waals surface area contributed by atoms with E-state index in [1.54, 1.807) is 6.07 Å². The van der Waals surface area contributed by atoms with E-state index < -0.39 is 0 Å². The fraction of sp³-hybridized carbons (Fsp3) is 0.0952. The number of anilines is 1. The minimum Gasteiger partial charge on any atom is -0.457 e. The van der Waals surface area contributed by atoms with Crippen LogP contribution in [0.1, 0.15) is 20.8 Å². The monoisotopic (exact) mass is 407 g/mol. The highest BCUT2D eigenvalue weighted by Crippen LogP contribution is 2.30. The summed E-state index contributed by atoms with van der Waals surface area (Å²) in [5, 5.41) is 14.1. The number of aryl methyl sites for hydroxylation is 2. The van der Waals surface area contributed by atoms with Crippen molar-refractivity contribution < 1.29 is 9.53 Å². The van der Waals surface area contributed by atoms with E-state index in [1.165, 1.54) is 33.8 Å². The molecule has 0 fully saturated rings. The molecule has 1 N–H and O–H groups in total. The lowest BCUT2D eigenvalue weighted by molar-refractivity contribution is 0.103. The number of thiophene rings is 1. The third kappa shape index (κ3) is 4.11. The summed E-state index contributed by atoms with van der Waals surface area (Å²) in [5.41, 5.74) is 3.35. The van der Waals surface area contributed by atoms with Gasteiger partial charge in [0.2, 0.25) is 5.13 Å². The van der Waals surface area contributed by atoms with Crippen molar-refractivity contribution in [3.05, 3.63) is 76.0 Å². The van der Waals surface area contributed by atoms with Crippen LogP contribution in [0, 0.1) is 13.8 Å². The first-order valence-electron chi connectivity index (χ1n) is 8.62. The van der Waals surface area contributed by atoms with Gasteiger partial charge in [0.1, 0.15) is 16.5 Å². The third-order valence-corrected chi connectivity index (χ3v) is 5.96.